The molecule has 1 aliphatic rings. The number of amides is 2. The maximum atomic E-state index is 13.1. The summed E-state index contributed by atoms with van der Waals surface area (Å²) in [5, 5.41) is 3.09. The molecule has 0 bridgehead atoms. The normalized spacial score (nSPS) is 14.2. The summed E-state index contributed by atoms with van der Waals surface area (Å²) in [5.41, 5.74) is 2.01. The van der Waals surface area contributed by atoms with Crippen LogP contribution in [0.25, 0.3) is 0 Å². The van der Waals surface area contributed by atoms with E-state index in [2.05, 4.69) is 31.3 Å². The highest BCUT2D eigenvalue weighted by molar-refractivity contribution is 5.75. The van der Waals surface area contributed by atoms with E-state index in [1.54, 1.807) is 12.1 Å². The van der Waals surface area contributed by atoms with Crippen LogP contribution in [0.4, 0.5) is 9.18 Å². The van der Waals surface area contributed by atoms with Gasteiger partial charge in [0.2, 0.25) is 0 Å². The molecule has 0 spiro atoms. The van der Waals surface area contributed by atoms with Crippen LogP contribution in [0.2, 0.25) is 0 Å². The van der Waals surface area contributed by atoms with E-state index in [1.807, 2.05) is 23.1 Å². The zero-order valence-electron chi connectivity index (χ0n) is 14.8. The summed E-state index contributed by atoms with van der Waals surface area (Å²) in [5.74, 6) is -0.254. The lowest BCUT2D eigenvalue weighted by atomic mass is 9.85. The van der Waals surface area contributed by atoms with Gasteiger partial charge < -0.3 is 10.2 Å². The van der Waals surface area contributed by atoms with Crippen LogP contribution >= 0.6 is 0 Å². The lowest BCUT2D eigenvalue weighted by molar-refractivity contribution is 0.189. The molecular weight excluding hydrogens is 315 g/mol. The van der Waals surface area contributed by atoms with Crippen molar-refractivity contribution in [2.45, 2.75) is 44.7 Å². The fourth-order valence-corrected chi connectivity index (χ4v) is 2.93. The first-order valence-electron chi connectivity index (χ1n) is 8.80. The van der Waals surface area contributed by atoms with Crippen LogP contribution in [-0.2, 0) is 12.0 Å². The molecule has 0 saturated heterocycles. The van der Waals surface area contributed by atoms with Crippen molar-refractivity contribution in [3.8, 4) is 0 Å². The van der Waals surface area contributed by atoms with Crippen LogP contribution in [0.15, 0.2) is 54.6 Å². The molecule has 1 aliphatic carbocycles. The first kappa shape index (κ1) is 17.5. The Labute approximate surface area is 148 Å². The molecule has 1 N–H and O–H groups in total. The van der Waals surface area contributed by atoms with Gasteiger partial charge in [-0.05, 0) is 36.1 Å². The predicted octanol–water partition coefficient (Wildman–Crippen LogP) is 4.48. The molecule has 132 valence electrons. The van der Waals surface area contributed by atoms with Gasteiger partial charge in [-0.15, -0.1) is 0 Å². The summed E-state index contributed by atoms with van der Waals surface area (Å²) in [6.07, 6.45) is 2.08. The summed E-state index contributed by atoms with van der Waals surface area (Å²) in [6.45, 7) is 5.35. The van der Waals surface area contributed by atoms with E-state index >= 15 is 0 Å². The van der Waals surface area contributed by atoms with Gasteiger partial charge in [-0.2, -0.15) is 0 Å². The molecule has 0 heterocycles. The minimum atomic E-state index is -0.254. The van der Waals surface area contributed by atoms with Gasteiger partial charge in [0.15, 0.2) is 0 Å². The largest absolute Gasteiger partial charge is 0.337 e. The minimum Gasteiger partial charge on any atom is -0.337 e. The number of nitrogens with one attached hydrogen (secondary N) is 1. The summed E-state index contributed by atoms with van der Waals surface area (Å²) in [7, 11) is 0. The molecule has 0 radical (unpaired) electrons. The molecule has 25 heavy (non-hydrogen) atoms. The van der Waals surface area contributed by atoms with Gasteiger partial charge in [-0.25, -0.2) is 9.18 Å². The Kier molecular flexibility index (Phi) is 5.07. The first-order chi connectivity index (χ1) is 12.0. The van der Waals surface area contributed by atoms with Gasteiger partial charge in [-0.1, -0.05) is 56.3 Å². The average molecular weight is 340 g/mol. The van der Waals surface area contributed by atoms with Crippen LogP contribution in [0, 0.1) is 5.82 Å². The minimum absolute atomic E-state index is 0.0455. The summed E-state index contributed by atoms with van der Waals surface area (Å²) in [6, 6.07) is 16.8. The zero-order valence-corrected chi connectivity index (χ0v) is 14.8. The van der Waals surface area contributed by atoms with Gasteiger partial charge in [0.1, 0.15) is 5.82 Å². The van der Waals surface area contributed by atoms with Crippen molar-refractivity contribution < 1.29 is 9.18 Å². The summed E-state index contributed by atoms with van der Waals surface area (Å²) in [4.78, 5) is 14.6. The predicted molar refractivity (Wildman–Crippen MR) is 97.8 cm³/mol. The maximum absolute atomic E-state index is 13.1. The molecule has 0 aliphatic heterocycles. The second-order valence-electron chi connectivity index (χ2n) is 7.39. The summed E-state index contributed by atoms with van der Waals surface area (Å²) < 4.78 is 13.1. The quantitative estimate of drug-likeness (QED) is 0.826. The molecule has 0 unspecified atom stereocenters. The van der Waals surface area contributed by atoms with Crippen molar-refractivity contribution in [3.63, 3.8) is 0 Å². The van der Waals surface area contributed by atoms with Gasteiger partial charge in [0, 0.05) is 24.5 Å². The maximum Gasteiger partial charge on any atom is 0.317 e. The van der Waals surface area contributed by atoms with Gasteiger partial charge in [0.25, 0.3) is 0 Å². The van der Waals surface area contributed by atoms with Crippen LogP contribution in [-0.4, -0.2) is 23.5 Å². The van der Waals surface area contributed by atoms with Gasteiger partial charge >= 0.3 is 6.03 Å². The van der Waals surface area contributed by atoms with E-state index in [0.717, 1.165) is 18.4 Å². The number of rotatable bonds is 6. The van der Waals surface area contributed by atoms with E-state index in [-0.39, 0.29) is 17.3 Å². The van der Waals surface area contributed by atoms with Crippen molar-refractivity contribution in [3.05, 3.63) is 71.5 Å². The number of carbonyl (C=O) groups excluding carboxylic acids is 1. The Morgan fingerprint density at radius 1 is 1.12 bits per heavy atom. The fraction of sp³-hybridized carbons (Fsp3) is 0.381. The number of hydrogen-bond donors (Lipinski definition) is 1. The highest BCUT2D eigenvalue weighted by Gasteiger charge is 2.33. The smallest absolute Gasteiger partial charge is 0.317 e. The molecule has 1 saturated carbocycles. The molecule has 0 aromatic heterocycles. The molecule has 4 heteroatoms. The van der Waals surface area contributed by atoms with Crippen molar-refractivity contribution in [2.75, 3.05) is 6.54 Å². The van der Waals surface area contributed by atoms with E-state index in [4.69, 9.17) is 0 Å². The van der Waals surface area contributed by atoms with Gasteiger partial charge in [-0.3, -0.25) is 0 Å². The highest BCUT2D eigenvalue weighted by atomic mass is 19.1. The number of benzene rings is 2. The Bertz CT molecular complexity index is 708. The Hall–Kier alpha value is -2.36. The van der Waals surface area contributed by atoms with Crippen molar-refractivity contribution in [1.82, 2.24) is 10.2 Å². The summed E-state index contributed by atoms with van der Waals surface area (Å²) >= 11 is 0. The third-order valence-electron chi connectivity index (χ3n) is 4.75. The number of hydrogen-bond acceptors (Lipinski definition) is 1. The molecule has 0 atom stereocenters. The standard InChI is InChI=1S/C21H25FN2O/c1-21(2,17-6-4-3-5-7-17)15-23-20(25)24(19-12-13-19)14-16-8-10-18(22)11-9-16/h3-11,19H,12-15H2,1-2H3,(H,23,25). The van der Waals surface area contributed by atoms with Crippen molar-refractivity contribution >= 4 is 6.03 Å². The second kappa shape index (κ2) is 7.26. The molecule has 2 aromatic carbocycles. The van der Waals surface area contributed by atoms with Crippen LogP contribution in [0.1, 0.15) is 37.8 Å². The molecule has 3 nitrogen and oxygen atoms in total. The number of halogens is 1. The van der Waals surface area contributed by atoms with Crippen molar-refractivity contribution in [1.29, 1.82) is 0 Å². The molecule has 1 fully saturated rings. The van der Waals surface area contributed by atoms with Gasteiger partial charge in [0.05, 0.1) is 0 Å². The van der Waals surface area contributed by atoms with Crippen LogP contribution in [0.3, 0.4) is 0 Å². The Balaban J connectivity index is 1.62. The fourth-order valence-electron chi connectivity index (χ4n) is 2.93. The SMILES string of the molecule is CC(C)(CNC(=O)N(Cc1ccc(F)cc1)C1CC1)c1ccccc1. The molecule has 3 rings (SSSR count). The molecular formula is C21H25FN2O. The van der Waals surface area contributed by atoms with E-state index in [1.165, 1.54) is 17.7 Å². The lowest BCUT2D eigenvalue weighted by Gasteiger charge is -2.29. The first-order valence-corrected chi connectivity index (χ1v) is 8.80. The van der Waals surface area contributed by atoms with E-state index < -0.39 is 0 Å². The van der Waals surface area contributed by atoms with Crippen LogP contribution < -0.4 is 5.32 Å². The Morgan fingerprint density at radius 2 is 1.76 bits per heavy atom. The lowest BCUT2D eigenvalue weighted by Crippen LogP contribution is -2.45. The average Bonchev–Trinajstić information content (AvgIpc) is 3.45. The third-order valence-corrected chi connectivity index (χ3v) is 4.75. The van der Waals surface area contributed by atoms with E-state index in [0.29, 0.717) is 19.1 Å². The molecule has 2 amide bonds. The van der Waals surface area contributed by atoms with E-state index in [9.17, 15) is 9.18 Å². The Morgan fingerprint density at radius 3 is 2.36 bits per heavy atom. The number of urea groups is 1. The van der Waals surface area contributed by atoms with Crippen LogP contribution in [0.5, 0.6) is 0 Å². The van der Waals surface area contributed by atoms with Crippen molar-refractivity contribution in [2.24, 2.45) is 0 Å². The topological polar surface area (TPSA) is 32.3 Å². The third kappa shape index (κ3) is 4.59. The number of carbonyl (C=O) groups is 1. The second-order valence-corrected chi connectivity index (χ2v) is 7.39. The highest BCUT2D eigenvalue weighted by Crippen LogP contribution is 2.29. The molecule has 2 aromatic rings. The zero-order chi connectivity index (χ0) is 17.9. The number of nitrogens with zero attached hydrogens (tertiary/aromatic N) is 1. The monoisotopic (exact) mass is 340 g/mol.